The fraction of sp³-hybridized carbons (Fsp3) is 0.560. The lowest BCUT2D eigenvalue weighted by Gasteiger charge is -2.41. The van der Waals surface area contributed by atoms with E-state index < -0.39 is 10.0 Å². The van der Waals surface area contributed by atoms with Crippen LogP contribution in [0.4, 0.5) is 5.69 Å². The molecule has 12 heteroatoms. The average molecular weight is 536 g/mol. The van der Waals surface area contributed by atoms with Crippen LogP contribution < -0.4 is 14.2 Å². The molecule has 11 nitrogen and oxygen atoms in total. The van der Waals surface area contributed by atoms with Gasteiger partial charge in [-0.3, -0.25) is 9.62 Å². The summed E-state index contributed by atoms with van der Waals surface area (Å²) in [6.07, 6.45) is 1.61. The molecule has 5 rings (SSSR count). The summed E-state index contributed by atoms with van der Waals surface area (Å²) in [5.41, 5.74) is 3.86. The lowest BCUT2D eigenvalue weighted by molar-refractivity contribution is -0.119. The molecule has 0 unspecified atom stereocenters. The summed E-state index contributed by atoms with van der Waals surface area (Å²) >= 11 is 0. The molecule has 4 heterocycles. The van der Waals surface area contributed by atoms with Crippen molar-refractivity contribution in [2.75, 3.05) is 70.8 Å². The number of hydrogen-bond acceptors (Lipinski definition) is 10. The third-order valence-corrected chi connectivity index (χ3v) is 7.97. The van der Waals surface area contributed by atoms with Gasteiger partial charge in [0.1, 0.15) is 24.1 Å². The van der Waals surface area contributed by atoms with Gasteiger partial charge in [-0.1, -0.05) is 0 Å². The summed E-state index contributed by atoms with van der Waals surface area (Å²) in [5.74, 6) is 0.733. The maximum absolute atomic E-state index is 12.5. The standard InChI is InChI=1S/C25H33N3O8S/c1-31-5-6-37(29,30)27-23-8-18(10-26-25(23)32-2)17-7-19-12-33-16-22(19)24(9-17)36-15-21-11-28(3-4-35-21)20-13-34-14-20/h7-10,20-21,27H,3-6,11-16H2,1-2H3/t21-/m1/s1. The van der Waals surface area contributed by atoms with Gasteiger partial charge in [0.05, 0.1) is 58.5 Å². The van der Waals surface area contributed by atoms with Crippen molar-refractivity contribution in [2.24, 2.45) is 0 Å². The molecule has 1 atom stereocenters. The van der Waals surface area contributed by atoms with Gasteiger partial charge in [-0.15, -0.1) is 0 Å². The molecule has 1 aromatic heterocycles. The highest BCUT2D eigenvalue weighted by Crippen LogP contribution is 2.37. The van der Waals surface area contributed by atoms with Crippen molar-refractivity contribution in [1.82, 2.24) is 9.88 Å². The fourth-order valence-electron chi connectivity index (χ4n) is 4.60. The van der Waals surface area contributed by atoms with Crippen LogP contribution in [0, 0.1) is 0 Å². The van der Waals surface area contributed by atoms with Gasteiger partial charge in [0.15, 0.2) is 0 Å². The number of pyridine rings is 1. The van der Waals surface area contributed by atoms with E-state index in [1.807, 2.05) is 12.1 Å². The quantitative estimate of drug-likeness (QED) is 0.455. The molecule has 0 aliphatic carbocycles. The summed E-state index contributed by atoms with van der Waals surface area (Å²) in [5, 5.41) is 0. The van der Waals surface area contributed by atoms with Crippen molar-refractivity contribution in [3.05, 3.63) is 35.5 Å². The Bertz CT molecular complexity index is 1200. The number of sulfonamides is 1. The minimum absolute atomic E-state index is 0.0354. The molecule has 3 aliphatic heterocycles. The zero-order chi connectivity index (χ0) is 25.8. The van der Waals surface area contributed by atoms with Crippen molar-refractivity contribution in [1.29, 1.82) is 0 Å². The van der Waals surface area contributed by atoms with Crippen molar-refractivity contribution < 1.29 is 36.8 Å². The van der Waals surface area contributed by atoms with Crippen molar-refractivity contribution in [2.45, 2.75) is 25.4 Å². The van der Waals surface area contributed by atoms with Gasteiger partial charge in [0, 0.05) is 37.5 Å². The first-order chi connectivity index (χ1) is 18.0. The molecular weight excluding hydrogens is 502 g/mol. The lowest BCUT2D eigenvalue weighted by Crippen LogP contribution is -2.56. The van der Waals surface area contributed by atoms with Gasteiger partial charge >= 0.3 is 0 Å². The van der Waals surface area contributed by atoms with E-state index in [1.54, 1.807) is 12.3 Å². The molecule has 0 bridgehead atoms. The first kappa shape index (κ1) is 26.1. The van der Waals surface area contributed by atoms with Gasteiger partial charge in [0.2, 0.25) is 15.9 Å². The molecule has 37 heavy (non-hydrogen) atoms. The average Bonchev–Trinajstić information content (AvgIpc) is 3.34. The van der Waals surface area contributed by atoms with E-state index in [2.05, 4.69) is 14.6 Å². The number of benzene rings is 1. The van der Waals surface area contributed by atoms with Gasteiger partial charge in [-0.25, -0.2) is 13.4 Å². The van der Waals surface area contributed by atoms with Gasteiger partial charge in [0.25, 0.3) is 0 Å². The van der Waals surface area contributed by atoms with Crippen molar-refractivity contribution in [3.63, 3.8) is 0 Å². The molecule has 1 aromatic carbocycles. The predicted molar refractivity (Wildman–Crippen MR) is 135 cm³/mol. The number of fused-ring (bicyclic) bond motifs is 1. The van der Waals surface area contributed by atoms with Crippen LogP contribution in [0.5, 0.6) is 11.6 Å². The topological polar surface area (TPSA) is 118 Å². The van der Waals surface area contributed by atoms with Gasteiger partial charge < -0.3 is 28.4 Å². The Labute approximate surface area is 217 Å². The molecule has 2 aromatic rings. The Hall–Kier alpha value is -2.48. The maximum Gasteiger partial charge on any atom is 0.238 e. The second-order valence-electron chi connectivity index (χ2n) is 9.29. The molecule has 3 aliphatic rings. The zero-order valence-corrected chi connectivity index (χ0v) is 21.9. The highest BCUT2D eigenvalue weighted by Gasteiger charge is 2.31. The number of morpholine rings is 1. The zero-order valence-electron chi connectivity index (χ0n) is 21.1. The normalized spacial score (nSPS) is 20.3. The molecule has 0 radical (unpaired) electrons. The van der Waals surface area contributed by atoms with E-state index >= 15 is 0 Å². The predicted octanol–water partition coefficient (Wildman–Crippen LogP) is 1.65. The summed E-state index contributed by atoms with van der Waals surface area (Å²) in [6, 6.07) is 6.15. The summed E-state index contributed by atoms with van der Waals surface area (Å²) in [4.78, 5) is 6.74. The minimum Gasteiger partial charge on any atom is -0.490 e. The Balaban J connectivity index is 1.36. The maximum atomic E-state index is 12.5. The van der Waals surface area contributed by atoms with Crippen LogP contribution in [0.2, 0.25) is 0 Å². The summed E-state index contributed by atoms with van der Waals surface area (Å²) < 4.78 is 61.0. The van der Waals surface area contributed by atoms with Crippen LogP contribution in [0.3, 0.4) is 0 Å². The minimum atomic E-state index is -3.64. The Morgan fingerprint density at radius 1 is 1.14 bits per heavy atom. The Kier molecular flexibility index (Phi) is 8.12. The van der Waals surface area contributed by atoms with E-state index in [9.17, 15) is 8.42 Å². The van der Waals surface area contributed by atoms with E-state index in [-0.39, 0.29) is 30.0 Å². The number of anilines is 1. The number of nitrogens with zero attached hydrogens (tertiary/aromatic N) is 2. The highest BCUT2D eigenvalue weighted by molar-refractivity contribution is 7.92. The van der Waals surface area contributed by atoms with E-state index in [0.717, 1.165) is 54.3 Å². The fourth-order valence-corrected chi connectivity index (χ4v) is 5.57. The van der Waals surface area contributed by atoms with E-state index in [4.69, 9.17) is 28.4 Å². The SMILES string of the molecule is COCCS(=O)(=O)Nc1cc(-c2cc3c(c(OC[C@H]4CN(C5COC5)CCO4)c2)COC3)cnc1OC. The van der Waals surface area contributed by atoms with Crippen LogP contribution in [0.15, 0.2) is 24.4 Å². The van der Waals surface area contributed by atoms with Gasteiger partial charge in [-0.2, -0.15) is 0 Å². The third-order valence-electron chi connectivity index (χ3n) is 6.74. The molecular formula is C25H33N3O8S. The van der Waals surface area contributed by atoms with Crippen LogP contribution in [0.1, 0.15) is 11.1 Å². The largest absolute Gasteiger partial charge is 0.490 e. The van der Waals surface area contributed by atoms with Crippen LogP contribution >= 0.6 is 0 Å². The molecule has 2 fully saturated rings. The van der Waals surface area contributed by atoms with Crippen LogP contribution in [0.25, 0.3) is 11.1 Å². The van der Waals surface area contributed by atoms with Gasteiger partial charge in [-0.05, 0) is 29.3 Å². The van der Waals surface area contributed by atoms with Crippen molar-refractivity contribution >= 4 is 15.7 Å². The van der Waals surface area contributed by atoms with Crippen LogP contribution in [-0.4, -0.2) is 96.5 Å². The monoisotopic (exact) mass is 535 g/mol. The van der Waals surface area contributed by atoms with Crippen molar-refractivity contribution in [3.8, 4) is 22.8 Å². The molecule has 0 spiro atoms. The number of ether oxygens (including phenoxy) is 6. The Morgan fingerprint density at radius 3 is 2.76 bits per heavy atom. The molecule has 1 N–H and O–H groups in total. The second-order valence-corrected chi connectivity index (χ2v) is 11.1. The van der Waals surface area contributed by atoms with Crippen LogP contribution in [-0.2, 0) is 42.2 Å². The Morgan fingerprint density at radius 2 is 2.00 bits per heavy atom. The number of methoxy groups -OCH3 is 2. The molecule has 0 amide bonds. The van der Waals surface area contributed by atoms with E-state index in [0.29, 0.717) is 32.5 Å². The summed E-state index contributed by atoms with van der Waals surface area (Å²) in [6.45, 7) is 5.40. The first-order valence-corrected chi connectivity index (χ1v) is 13.9. The number of rotatable bonds is 11. The number of hydrogen-bond donors (Lipinski definition) is 1. The molecule has 202 valence electrons. The van der Waals surface area contributed by atoms with E-state index in [1.165, 1.54) is 14.2 Å². The number of nitrogens with one attached hydrogen (secondary N) is 1. The third kappa shape index (κ3) is 6.16. The lowest BCUT2D eigenvalue weighted by atomic mass is 10.0. The second kappa shape index (κ2) is 11.5. The molecule has 2 saturated heterocycles. The number of aromatic nitrogens is 1. The summed E-state index contributed by atoms with van der Waals surface area (Å²) in [7, 11) is -0.743. The smallest absolute Gasteiger partial charge is 0.238 e. The first-order valence-electron chi connectivity index (χ1n) is 12.3. The molecule has 0 saturated carbocycles. The highest BCUT2D eigenvalue weighted by atomic mass is 32.2.